The smallest absolute Gasteiger partial charge is 0.419 e. The van der Waals surface area contributed by atoms with Crippen molar-refractivity contribution < 1.29 is 27.5 Å². The molecule has 2 N–H and O–H groups in total. The Morgan fingerprint density at radius 1 is 1.11 bits per heavy atom. The van der Waals surface area contributed by atoms with Crippen molar-refractivity contribution in [2.45, 2.75) is 96.3 Å². The van der Waals surface area contributed by atoms with E-state index in [2.05, 4.69) is 32.4 Å². The Morgan fingerprint density at radius 3 is 2.51 bits per heavy atom. The maximum atomic E-state index is 13.9. The number of aromatic nitrogens is 2. The van der Waals surface area contributed by atoms with Gasteiger partial charge in [-0.15, -0.1) is 0 Å². The van der Waals surface area contributed by atoms with E-state index in [9.17, 15) is 22.8 Å². The molecule has 0 bridgehead atoms. The molecule has 2 aliphatic rings. The summed E-state index contributed by atoms with van der Waals surface area (Å²) in [7, 11) is 3.30. The average Bonchev–Trinajstić information content (AvgIpc) is 3.03. The van der Waals surface area contributed by atoms with Crippen molar-refractivity contribution in [3.05, 3.63) is 41.2 Å². The molecule has 1 saturated carbocycles. The molecule has 1 aliphatic carbocycles. The van der Waals surface area contributed by atoms with Gasteiger partial charge in [0.2, 0.25) is 11.9 Å². The number of hydrogen-bond acceptors (Lipinski definition) is 7. The molecule has 1 aliphatic heterocycles. The maximum Gasteiger partial charge on any atom is 0.419 e. The van der Waals surface area contributed by atoms with Crippen LogP contribution in [0.15, 0.2) is 24.4 Å². The highest BCUT2D eigenvalue weighted by Gasteiger charge is 2.35. The molecule has 45 heavy (non-hydrogen) atoms. The summed E-state index contributed by atoms with van der Waals surface area (Å²) in [6, 6.07) is 5.19. The van der Waals surface area contributed by atoms with E-state index in [4.69, 9.17) is 4.74 Å². The van der Waals surface area contributed by atoms with E-state index in [1.807, 2.05) is 11.9 Å². The highest BCUT2D eigenvalue weighted by molar-refractivity contribution is 5.95. The van der Waals surface area contributed by atoms with Crippen molar-refractivity contribution in [2.75, 3.05) is 39.1 Å². The number of anilines is 2. The highest BCUT2D eigenvalue weighted by atomic mass is 19.4. The summed E-state index contributed by atoms with van der Waals surface area (Å²) in [5, 5.41) is 6.08. The van der Waals surface area contributed by atoms with E-state index in [-0.39, 0.29) is 42.0 Å². The van der Waals surface area contributed by atoms with Crippen molar-refractivity contribution in [1.29, 1.82) is 0 Å². The molecular formula is C33H47F3N6O3. The first-order valence-electron chi connectivity index (χ1n) is 16.1. The van der Waals surface area contributed by atoms with Gasteiger partial charge in [-0.05, 0) is 75.6 Å². The van der Waals surface area contributed by atoms with Crippen molar-refractivity contribution >= 4 is 23.5 Å². The predicted octanol–water partition coefficient (Wildman–Crippen LogP) is 6.21. The van der Waals surface area contributed by atoms with Gasteiger partial charge in [0.15, 0.2) is 0 Å². The standard InChI is InChI=1S/C33H47F3N6O3/c1-5-42-18-16-25(17-19-42)38-31(44)24-14-15-28(30(20-24)45-4)40-32-37-21-26(33(34,35)36)27(39-32)12-8-6-10-23-11-7-9-13-29(23)41(3)22(2)43/h14-15,20-21,23,25,29H,5-13,16-19H2,1-4H3,(H,38,44)(H,37,39,40). The number of piperidine rings is 1. The molecule has 4 rings (SSSR count). The number of aryl methyl sites for hydroxylation is 1. The van der Waals surface area contributed by atoms with Gasteiger partial charge >= 0.3 is 6.18 Å². The Balaban J connectivity index is 1.40. The zero-order valence-corrected chi connectivity index (χ0v) is 26.9. The third kappa shape index (κ3) is 9.31. The van der Waals surface area contributed by atoms with Crippen molar-refractivity contribution in [3.8, 4) is 5.75 Å². The number of hydrogen-bond donors (Lipinski definition) is 2. The topological polar surface area (TPSA) is 99.7 Å². The van der Waals surface area contributed by atoms with Gasteiger partial charge in [-0.3, -0.25) is 9.59 Å². The van der Waals surface area contributed by atoms with Gasteiger partial charge < -0.3 is 25.2 Å². The molecule has 12 heteroatoms. The molecule has 1 aromatic heterocycles. The van der Waals surface area contributed by atoms with Crippen LogP contribution in [0.4, 0.5) is 24.8 Å². The first-order valence-corrected chi connectivity index (χ1v) is 16.1. The molecule has 0 spiro atoms. The van der Waals surface area contributed by atoms with E-state index >= 15 is 0 Å². The summed E-state index contributed by atoms with van der Waals surface area (Å²) in [5.74, 6) is 0.567. The summed E-state index contributed by atoms with van der Waals surface area (Å²) in [4.78, 5) is 37.3. The van der Waals surface area contributed by atoms with Gasteiger partial charge in [0.05, 0.1) is 24.1 Å². The Bertz CT molecular complexity index is 1300. The summed E-state index contributed by atoms with van der Waals surface area (Å²) in [6.07, 6.45) is 4.51. The molecule has 2 amide bonds. The largest absolute Gasteiger partial charge is 0.495 e. The molecule has 9 nitrogen and oxygen atoms in total. The molecular weight excluding hydrogens is 585 g/mol. The zero-order chi connectivity index (χ0) is 32.6. The predicted molar refractivity (Wildman–Crippen MR) is 168 cm³/mol. The monoisotopic (exact) mass is 632 g/mol. The van der Waals surface area contributed by atoms with Crippen molar-refractivity contribution in [3.63, 3.8) is 0 Å². The number of rotatable bonds is 12. The minimum Gasteiger partial charge on any atom is -0.495 e. The second-order valence-electron chi connectivity index (χ2n) is 12.3. The number of ether oxygens (including phenoxy) is 1. The van der Waals surface area contributed by atoms with Crippen LogP contribution in [0, 0.1) is 5.92 Å². The number of methoxy groups -OCH3 is 1. The van der Waals surface area contributed by atoms with Crippen molar-refractivity contribution in [2.24, 2.45) is 5.92 Å². The Morgan fingerprint density at radius 2 is 1.84 bits per heavy atom. The SMILES string of the molecule is CCN1CCC(NC(=O)c2ccc(Nc3ncc(C(F)(F)F)c(CCCCC4CCCCC4N(C)C(C)=O)n3)c(OC)c2)CC1. The van der Waals surface area contributed by atoms with Crippen LogP contribution in [0.1, 0.15) is 93.3 Å². The van der Waals surface area contributed by atoms with Gasteiger partial charge in [-0.2, -0.15) is 13.2 Å². The van der Waals surface area contributed by atoms with Crippen LogP contribution in [-0.2, 0) is 17.4 Å². The molecule has 1 saturated heterocycles. The summed E-state index contributed by atoms with van der Waals surface area (Å²) >= 11 is 0. The lowest BCUT2D eigenvalue weighted by Crippen LogP contribution is -2.44. The van der Waals surface area contributed by atoms with Gasteiger partial charge in [-0.1, -0.05) is 26.2 Å². The van der Waals surface area contributed by atoms with Crippen LogP contribution in [-0.4, -0.2) is 77.5 Å². The van der Waals surface area contributed by atoms with Crippen LogP contribution in [0.2, 0.25) is 0 Å². The number of nitrogens with one attached hydrogen (secondary N) is 2. The number of amides is 2. The fourth-order valence-electron chi connectivity index (χ4n) is 6.59. The number of carbonyl (C=O) groups is 2. The van der Waals surface area contributed by atoms with Gasteiger partial charge in [-0.25, -0.2) is 9.97 Å². The zero-order valence-electron chi connectivity index (χ0n) is 26.9. The number of nitrogens with zero attached hydrogens (tertiary/aromatic N) is 4. The number of alkyl halides is 3. The van der Waals surface area contributed by atoms with Gasteiger partial charge in [0, 0.05) is 50.9 Å². The van der Waals surface area contributed by atoms with E-state index in [1.165, 1.54) is 7.11 Å². The lowest BCUT2D eigenvalue weighted by atomic mass is 9.80. The van der Waals surface area contributed by atoms with Crippen LogP contribution in [0.3, 0.4) is 0 Å². The van der Waals surface area contributed by atoms with Crippen LogP contribution in [0.25, 0.3) is 0 Å². The summed E-state index contributed by atoms with van der Waals surface area (Å²) < 4.78 is 47.1. The lowest BCUT2D eigenvalue weighted by Gasteiger charge is -2.37. The fourth-order valence-corrected chi connectivity index (χ4v) is 6.59. The molecule has 2 atom stereocenters. The molecule has 2 heterocycles. The van der Waals surface area contributed by atoms with E-state index < -0.39 is 11.7 Å². The molecule has 2 aromatic rings. The number of benzene rings is 1. The van der Waals surface area contributed by atoms with E-state index in [0.29, 0.717) is 29.3 Å². The molecule has 0 radical (unpaired) electrons. The first-order chi connectivity index (χ1) is 21.5. The van der Waals surface area contributed by atoms with Crippen molar-refractivity contribution in [1.82, 2.24) is 25.1 Å². The third-order valence-corrected chi connectivity index (χ3v) is 9.35. The summed E-state index contributed by atoms with van der Waals surface area (Å²) in [5.41, 5.74) is -0.0400. The number of likely N-dealkylation sites (tertiary alicyclic amines) is 1. The summed E-state index contributed by atoms with van der Waals surface area (Å²) in [6.45, 7) is 6.59. The Hall–Kier alpha value is -3.41. The molecule has 248 valence electrons. The Labute approximate surface area is 264 Å². The second kappa shape index (κ2) is 15.7. The lowest BCUT2D eigenvalue weighted by molar-refractivity contribution is -0.138. The quantitative estimate of drug-likeness (QED) is 0.269. The minimum atomic E-state index is -4.58. The van der Waals surface area contributed by atoms with Crippen LogP contribution < -0.4 is 15.4 Å². The van der Waals surface area contributed by atoms with Gasteiger partial charge in [0.1, 0.15) is 5.75 Å². The highest BCUT2D eigenvalue weighted by Crippen LogP contribution is 2.35. The number of carbonyl (C=O) groups excluding carboxylic acids is 2. The third-order valence-electron chi connectivity index (χ3n) is 9.35. The van der Waals surface area contributed by atoms with E-state index in [0.717, 1.165) is 77.2 Å². The number of unbranched alkanes of at least 4 members (excludes halogenated alkanes) is 1. The van der Waals surface area contributed by atoms with E-state index in [1.54, 1.807) is 25.1 Å². The fraction of sp³-hybridized carbons (Fsp3) is 0.636. The number of halogens is 3. The second-order valence-corrected chi connectivity index (χ2v) is 12.3. The van der Waals surface area contributed by atoms with Gasteiger partial charge in [0.25, 0.3) is 5.91 Å². The molecule has 2 unspecified atom stereocenters. The van der Waals surface area contributed by atoms with Crippen LogP contribution >= 0.6 is 0 Å². The molecule has 1 aromatic carbocycles. The average molecular weight is 633 g/mol. The first kappa shape index (κ1) is 34.5. The minimum absolute atomic E-state index is 0.0200. The van der Waals surface area contributed by atoms with Crippen LogP contribution in [0.5, 0.6) is 5.75 Å². The Kier molecular flexibility index (Phi) is 12.0. The molecule has 2 fully saturated rings. The maximum absolute atomic E-state index is 13.9. The normalized spacial score (nSPS) is 19.6.